The van der Waals surface area contributed by atoms with Gasteiger partial charge >= 0.3 is 12.3 Å². The number of carbonyl (C=O) groups excluding carboxylic acids is 1. The minimum Gasteiger partial charge on any atom is -0.444 e. The van der Waals surface area contributed by atoms with E-state index in [-0.39, 0.29) is 33.2 Å². The van der Waals surface area contributed by atoms with Gasteiger partial charge in [-0.1, -0.05) is 11.6 Å². The molecule has 0 saturated carbocycles. The molecule has 1 amide bonds. The number of nitrogens with two attached hydrogens (primary N) is 1. The van der Waals surface area contributed by atoms with Crippen LogP contribution in [-0.2, 0) is 22.1 Å². The van der Waals surface area contributed by atoms with Gasteiger partial charge < -0.3 is 15.4 Å². The van der Waals surface area contributed by atoms with Crippen molar-refractivity contribution in [1.29, 1.82) is 0 Å². The summed E-state index contributed by atoms with van der Waals surface area (Å²) in [5, 5.41) is -0.145. The first-order valence-electron chi connectivity index (χ1n) is 10.4. The van der Waals surface area contributed by atoms with Crippen LogP contribution in [0.3, 0.4) is 0 Å². The second kappa shape index (κ2) is 9.64. The van der Waals surface area contributed by atoms with E-state index in [2.05, 4.69) is 0 Å². The molecule has 0 aliphatic carbocycles. The Bertz CT molecular complexity index is 1000. The zero-order valence-electron chi connectivity index (χ0n) is 18.6. The van der Waals surface area contributed by atoms with Crippen LogP contribution in [0.5, 0.6) is 0 Å². The minimum atomic E-state index is -4.61. The lowest BCUT2D eigenvalue weighted by atomic mass is 9.98. The molecular weight excluding hydrogens is 477 g/mol. The molecule has 1 saturated heterocycles. The molecule has 2 aromatic rings. The largest absolute Gasteiger partial charge is 0.444 e. The van der Waals surface area contributed by atoms with Crippen molar-refractivity contribution in [2.75, 3.05) is 18.8 Å². The normalized spacial score (nSPS) is 16.5. The summed E-state index contributed by atoms with van der Waals surface area (Å²) in [5.74, 6) is 0. The number of rotatable bonds is 3. The van der Waals surface area contributed by atoms with Crippen molar-refractivity contribution in [1.82, 2.24) is 4.90 Å². The first kappa shape index (κ1) is 25.5. The van der Waals surface area contributed by atoms with Crippen LogP contribution in [0, 0.1) is 0 Å². The monoisotopic (exact) mass is 503 g/mol. The SMILES string of the molecule is CC(C)(C)OC(=O)N1CCC([S+](O)c2ccc(-c3c(Cl)cc(N)cc3C(F)(F)F)cc2)CC1. The molecule has 0 bridgehead atoms. The standard InChI is InChI=1S/C23H27ClF3N2O3S/c1-22(2,3)32-21(30)29-10-8-17(9-11-29)33(31)16-6-4-14(5-7-16)20-18(23(25,26)27)12-15(28)13-19(20)24/h4-7,12-13,17,31H,8-11,28H2,1-3H3/q+1. The maximum absolute atomic E-state index is 13.5. The van der Waals surface area contributed by atoms with E-state index in [1.165, 1.54) is 18.2 Å². The van der Waals surface area contributed by atoms with Gasteiger partial charge in [-0.25, -0.2) is 4.79 Å². The number of nitrogen functional groups attached to an aromatic ring is 1. The summed E-state index contributed by atoms with van der Waals surface area (Å²) in [6, 6.07) is 8.43. The van der Waals surface area contributed by atoms with Crippen LogP contribution < -0.4 is 5.73 Å². The van der Waals surface area contributed by atoms with E-state index in [1.54, 1.807) is 17.0 Å². The lowest BCUT2D eigenvalue weighted by molar-refractivity contribution is -0.137. The van der Waals surface area contributed by atoms with Crippen molar-refractivity contribution in [3.8, 4) is 11.1 Å². The molecule has 0 aromatic heterocycles. The summed E-state index contributed by atoms with van der Waals surface area (Å²) in [4.78, 5) is 14.5. The van der Waals surface area contributed by atoms with E-state index in [9.17, 15) is 22.5 Å². The number of hydrogen-bond donors (Lipinski definition) is 2. The smallest absolute Gasteiger partial charge is 0.417 e. The molecule has 1 heterocycles. The van der Waals surface area contributed by atoms with Crippen LogP contribution in [0.2, 0.25) is 5.02 Å². The van der Waals surface area contributed by atoms with Gasteiger partial charge in [0.05, 0.1) is 10.6 Å². The predicted octanol–water partition coefficient (Wildman–Crippen LogP) is 6.46. The molecule has 10 heteroatoms. The van der Waals surface area contributed by atoms with E-state index in [4.69, 9.17) is 22.1 Å². The Morgan fingerprint density at radius 1 is 1.15 bits per heavy atom. The molecule has 0 spiro atoms. The molecular formula is C23H27ClF3N2O3S+. The van der Waals surface area contributed by atoms with E-state index < -0.39 is 28.5 Å². The number of ether oxygens (including phenoxy) is 1. The molecule has 2 aromatic carbocycles. The third-order valence-electron chi connectivity index (χ3n) is 5.21. The van der Waals surface area contributed by atoms with Crippen LogP contribution in [0.25, 0.3) is 11.1 Å². The van der Waals surface area contributed by atoms with Gasteiger partial charge in [-0.05, 0) is 62.7 Å². The summed E-state index contributed by atoms with van der Waals surface area (Å²) in [6.45, 7) is 6.36. The molecule has 5 nitrogen and oxygen atoms in total. The van der Waals surface area contributed by atoms with Gasteiger partial charge in [-0.2, -0.15) is 17.7 Å². The highest BCUT2D eigenvalue weighted by Gasteiger charge is 2.38. The van der Waals surface area contributed by atoms with Crippen molar-refractivity contribution in [2.45, 2.75) is 55.5 Å². The first-order chi connectivity index (χ1) is 15.3. The summed E-state index contributed by atoms with van der Waals surface area (Å²) in [5.41, 5.74) is 4.15. The van der Waals surface area contributed by atoms with Gasteiger partial charge in [0.15, 0.2) is 21.3 Å². The van der Waals surface area contributed by atoms with Crippen LogP contribution in [0.15, 0.2) is 41.3 Å². The van der Waals surface area contributed by atoms with Crippen LogP contribution >= 0.6 is 11.6 Å². The second-order valence-electron chi connectivity index (χ2n) is 8.93. The lowest BCUT2D eigenvalue weighted by Gasteiger charge is -2.31. The number of anilines is 1. The fraction of sp³-hybridized carbons (Fsp3) is 0.435. The van der Waals surface area contributed by atoms with Crippen molar-refractivity contribution in [3.05, 3.63) is 47.0 Å². The number of carbonyl (C=O) groups is 1. The quantitative estimate of drug-likeness (QED) is 0.372. The molecule has 1 atom stereocenters. The van der Waals surface area contributed by atoms with Gasteiger partial charge in [0.25, 0.3) is 0 Å². The summed E-state index contributed by atoms with van der Waals surface area (Å²) in [6.07, 6.45) is -3.79. The number of hydrogen-bond acceptors (Lipinski definition) is 4. The zero-order valence-corrected chi connectivity index (χ0v) is 20.2. The lowest BCUT2D eigenvalue weighted by Crippen LogP contribution is -2.44. The first-order valence-corrected chi connectivity index (χ1v) is 12.1. The number of alkyl halides is 3. The Kier molecular flexibility index (Phi) is 7.45. The zero-order chi connectivity index (χ0) is 24.6. The van der Waals surface area contributed by atoms with E-state index in [0.717, 1.165) is 6.07 Å². The predicted molar refractivity (Wildman–Crippen MR) is 125 cm³/mol. The number of halogens is 4. The number of likely N-dealkylation sites (tertiary alicyclic amines) is 1. The third-order valence-corrected chi connectivity index (χ3v) is 7.37. The van der Waals surface area contributed by atoms with Crippen molar-refractivity contribution >= 4 is 34.6 Å². The second-order valence-corrected chi connectivity index (χ2v) is 11.1. The van der Waals surface area contributed by atoms with E-state index in [0.29, 0.717) is 30.8 Å². The van der Waals surface area contributed by atoms with Crippen LogP contribution in [0.4, 0.5) is 23.7 Å². The molecule has 3 rings (SSSR count). The number of benzene rings is 2. The molecule has 1 aliphatic heterocycles. The maximum atomic E-state index is 13.5. The number of amides is 1. The highest BCUT2D eigenvalue weighted by atomic mass is 35.5. The van der Waals surface area contributed by atoms with Crippen LogP contribution in [0.1, 0.15) is 39.2 Å². The van der Waals surface area contributed by atoms with Crippen LogP contribution in [-0.4, -0.2) is 39.5 Å². The molecule has 33 heavy (non-hydrogen) atoms. The molecule has 1 unspecified atom stereocenters. The Morgan fingerprint density at radius 2 is 1.73 bits per heavy atom. The average Bonchev–Trinajstić information content (AvgIpc) is 2.71. The molecule has 0 radical (unpaired) electrons. The van der Waals surface area contributed by atoms with Crippen molar-refractivity contribution in [3.63, 3.8) is 0 Å². The van der Waals surface area contributed by atoms with Gasteiger partial charge in [-0.15, -0.1) is 0 Å². The average molecular weight is 504 g/mol. The number of nitrogens with zero attached hydrogens (tertiary/aromatic N) is 1. The number of piperidine rings is 1. The minimum absolute atomic E-state index is 0.0552. The topological polar surface area (TPSA) is 75.8 Å². The molecule has 180 valence electrons. The molecule has 3 N–H and O–H groups in total. The maximum Gasteiger partial charge on any atom is 0.417 e. The highest BCUT2D eigenvalue weighted by Crippen LogP contribution is 2.42. The van der Waals surface area contributed by atoms with Gasteiger partial charge in [0.2, 0.25) is 0 Å². The van der Waals surface area contributed by atoms with Gasteiger partial charge in [0.1, 0.15) is 5.60 Å². The fourth-order valence-electron chi connectivity index (χ4n) is 3.69. The summed E-state index contributed by atoms with van der Waals surface area (Å²) < 4.78 is 56.9. The highest BCUT2D eigenvalue weighted by molar-refractivity contribution is 7.92. The van der Waals surface area contributed by atoms with Gasteiger partial charge in [-0.3, -0.25) is 0 Å². The van der Waals surface area contributed by atoms with Crippen molar-refractivity contribution in [2.24, 2.45) is 0 Å². The van der Waals surface area contributed by atoms with E-state index in [1.807, 2.05) is 20.8 Å². The fourth-order valence-corrected chi connectivity index (χ4v) is 5.48. The Labute approximate surface area is 199 Å². The van der Waals surface area contributed by atoms with E-state index >= 15 is 0 Å². The Morgan fingerprint density at radius 3 is 2.24 bits per heavy atom. The Hall–Kier alpha value is -2.10. The van der Waals surface area contributed by atoms with Crippen molar-refractivity contribution < 1.29 is 27.3 Å². The molecule has 1 fully saturated rings. The Balaban J connectivity index is 1.73. The third kappa shape index (κ3) is 6.28. The summed E-state index contributed by atoms with van der Waals surface area (Å²) >= 11 is 4.99. The molecule has 1 aliphatic rings. The van der Waals surface area contributed by atoms with Gasteiger partial charge in [0, 0.05) is 37.2 Å². The summed E-state index contributed by atoms with van der Waals surface area (Å²) in [7, 11) is 0.